The molecule has 0 spiro atoms. The molecule has 1 fully saturated rings. The lowest BCUT2D eigenvalue weighted by molar-refractivity contribution is 0.0951. The molecule has 156 valence electrons. The van der Waals surface area contributed by atoms with Crippen molar-refractivity contribution in [3.63, 3.8) is 0 Å². The minimum absolute atomic E-state index is 0.0253. The van der Waals surface area contributed by atoms with E-state index in [4.69, 9.17) is 10.5 Å². The Morgan fingerprint density at radius 3 is 2.31 bits per heavy atom. The number of benzene rings is 2. The van der Waals surface area contributed by atoms with E-state index in [0.717, 1.165) is 29.1 Å². The smallest absolute Gasteiger partial charge is 0.407 e. The fraction of sp³-hybridized carbons (Fsp3) is 0.435. The van der Waals surface area contributed by atoms with Gasteiger partial charge in [0.15, 0.2) is 0 Å². The summed E-state index contributed by atoms with van der Waals surface area (Å²) in [6, 6.07) is 19.2. The predicted octanol–water partition coefficient (Wildman–Crippen LogP) is 3.15. The van der Waals surface area contributed by atoms with Crippen LogP contribution in [0.2, 0.25) is 0 Å². The van der Waals surface area contributed by atoms with Crippen molar-refractivity contribution in [1.29, 1.82) is 0 Å². The molecular formula is C23H30N2O3S. The number of carbonyl (C=O) groups is 1. The maximum Gasteiger partial charge on any atom is 0.407 e. The SMILES string of the molecule is N[C@@H](Cc1ccccc1)[C@@H](O)C[C@H](Cc1ccccc1)NC(=O)O[C@@H]1CCSC1. The van der Waals surface area contributed by atoms with Crippen molar-refractivity contribution < 1.29 is 14.6 Å². The Balaban J connectivity index is 1.59. The first-order valence-corrected chi connectivity index (χ1v) is 11.3. The van der Waals surface area contributed by atoms with Crippen LogP contribution in [0.1, 0.15) is 24.0 Å². The molecule has 2 aromatic rings. The molecule has 4 N–H and O–H groups in total. The van der Waals surface area contributed by atoms with Gasteiger partial charge in [-0.25, -0.2) is 4.79 Å². The highest BCUT2D eigenvalue weighted by atomic mass is 32.2. The van der Waals surface area contributed by atoms with Gasteiger partial charge in [0.1, 0.15) is 6.10 Å². The van der Waals surface area contributed by atoms with Gasteiger partial charge in [0, 0.05) is 17.8 Å². The van der Waals surface area contributed by atoms with Gasteiger partial charge in [-0.15, -0.1) is 0 Å². The third-order valence-corrected chi connectivity index (χ3v) is 6.27. The molecule has 0 bridgehead atoms. The van der Waals surface area contributed by atoms with Gasteiger partial charge >= 0.3 is 6.09 Å². The maximum absolute atomic E-state index is 12.4. The molecule has 0 radical (unpaired) electrons. The van der Waals surface area contributed by atoms with Gasteiger partial charge in [0.25, 0.3) is 0 Å². The third-order valence-electron chi connectivity index (χ3n) is 5.14. The standard InChI is InChI=1S/C23H30N2O3S/c24-21(14-18-9-5-2-6-10-18)22(26)15-19(13-17-7-3-1-4-8-17)25-23(27)28-20-11-12-29-16-20/h1-10,19-22,26H,11-16,24H2,(H,25,27)/t19-,20+,21-,22-/m0/s1. The second kappa shape index (κ2) is 11.2. The van der Waals surface area contributed by atoms with Gasteiger partial charge in [0.2, 0.25) is 0 Å². The first-order valence-electron chi connectivity index (χ1n) is 10.2. The minimum atomic E-state index is -0.730. The number of carbonyl (C=O) groups excluding carboxylic acids is 1. The Hall–Kier alpha value is -2.02. The van der Waals surface area contributed by atoms with Crippen LogP contribution in [0.15, 0.2) is 60.7 Å². The highest BCUT2D eigenvalue weighted by Crippen LogP contribution is 2.20. The number of hydrogen-bond donors (Lipinski definition) is 3. The average Bonchev–Trinajstić information content (AvgIpc) is 3.22. The van der Waals surface area contributed by atoms with E-state index in [1.165, 1.54) is 0 Å². The maximum atomic E-state index is 12.4. The molecule has 0 aliphatic carbocycles. The van der Waals surface area contributed by atoms with E-state index < -0.39 is 18.2 Å². The second-order valence-electron chi connectivity index (χ2n) is 7.58. The number of rotatable bonds is 9. The molecule has 3 rings (SSSR count). The monoisotopic (exact) mass is 414 g/mol. The van der Waals surface area contributed by atoms with Gasteiger partial charge in [-0.1, -0.05) is 60.7 Å². The quantitative estimate of drug-likeness (QED) is 0.587. The molecule has 1 amide bonds. The minimum Gasteiger partial charge on any atom is -0.445 e. The Bertz CT molecular complexity index is 738. The summed E-state index contributed by atoms with van der Waals surface area (Å²) in [4.78, 5) is 12.4. The summed E-state index contributed by atoms with van der Waals surface area (Å²) in [5, 5.41) is 13.7. The van der Waals surface area contributed by atoms with E-state index >= 15 is 0 Å². The molecular weight excluding hydrogens is 384 g/mol. The first kappa shape index (κ1) is 21.7. The lowest BCUT2D eigenvalue weighted by atomic mass is 9.94. The molecule has 4 atom stereocenters. The summed E-state index contributed by atoms with van der Waals surface area (Å²) in [5.74, 6) is 1.87. The number of ether oxygens (including phenoxy) is 1. The largest absolute Gasteiger partial charge is 0.445 e. The molecule has 2 aromatic carbocycles. The van der Waals surface area contributed by atoms with Crippen molar-refractivity contribution in [2.75, 3.05) is 11.5 Å². The predicted molar refractivity (Wildman–Crippen MR) is 118 cm³/mol. The number of aliphatic hydroxyl groups excluding tert-OH is 1. The van der Waals surface area contributed by atoms with Crippen LogP contribution >= 0.6 is 11.8 Å². The molecule has 0 aromatic heterocycles. The molecule has 0 saturated carbocycles. The summed E-state index contributed by atoms with van der Waals surface area (Å²) < 4.78 is 5.53. The van der Waals surface area contributed by atoms with E-state index in [-0.39, 0.29) is 12.1 Å². The van der Waals surface area contributed by atoms with Gasteiger partial charge in [0.05, 0.1) is 6.10 Å². The van der Waals surface area contributed by atoms with Gasteiger partial charge in [-0.05, 0) is 42.6 Å². The van der Waals surface area contributed by atoms with Gasteiger partial charge in [-0.3, -0.25) is 0 Å². The Labute approximate surface area is 177 Å². The summed E-state index contributed by atoms with van der Waals surface area (Å²) in [6.45, 7) is 0. The Kier molecular flexibility index (Phi) is 8.40. The average molecular weight is 415 g/mol. The zero-order valence-corrected chi connectivity index (χ0v) is 17.4. The van der Waals surface area contributed by atoms with Crippen molar-refractivity contribution in [2.45, 2.75) is 50.0 Å². The van der Waals surface area contributed by atoms with Gasteiger partial charge in [-0.2, -0.15) is 11.8 Å². The van der Waals surface area contributed by atoms with Crippen LogP contribution in [0.4, 0.5) is 4.79 Å². The van der Waals surface area contributed by atoms with Crippen LogP contribution in [0, 0.1) is 0 Å². The Morgan fingerprint density at radius 2 is 1.72 bits per heavy atom. The Morgan fingerprint density at radius 1 is 1.10 bits per heavy atom. The fourth-order valence-electron chi connectivity index (χ4n) is 3.54. The van der Waals surface area contributed by atoms with Crippen LogP contribution in [0.3, 0.4) is 0 Å². The van der Waals surface area contributed by atoms with E-state index in [1.54, 1.807) is 11.8 Å². The summed E-state index contributed by atoms with van der Waals surface area (Å²) >= 11 is 1.80. The number of hydrogen-bond acceptors (Lipinski definition) is 5. The number of aliphatic hydroxyl groups is 1. The van der Waals surface area contributed by atoms with Crippen LogP contribution in [0.5, 0.6) is 0 Å². The van der Waals surface area contributed by atoms with Crippen molar-refractivity contribution in [3.05, 3.63) is 71.8 Å². The van der Waals surface area contributed by atoms with Crippen LogP contribution in [-0.2, 0) is 17.6 Å². The highest BCUT2D eigenvalue weighted by Gasteiger charge is 2.25. The van der Waals surface area contributed by atoms with E-state index in [1.807, 2.05) is 60.7 Å². The van der Waals surface area contributed by atoms with Crippen LogP contribution in [0.25, 0.3) is 0 Å². The molecule has 29 heavy (non-hydrogen) atoms. The lowest BCUT2D eigenvalue weighted by Crippen LogP contribution is -2.45. The summed E-state index contributed by atoms with van der Waals surface area (Å²) in [7, 11) is 0. The first-order chi connectivity index (χ1) is 14.1. The molecule has 5 nitrogen and oxygen atoms in total. The number of nitrogens with one attached hydrogen (secondary N) is 1. The molecule has 1 heterocycles. The molecule has 1 aliphatic heterocycles. The molecule has 1 aliphatic rings. The third kappa shape index (κ3) is 7.38. The number of alkyl carbamates (subject to hydrolysis) is 1. The van der Waals surface area contributed by atoms with Crippen molar-refractivity contribution >= 4 is 17.9 Å². The topological polar surface area (TPSA) is 84.6 Å². The van der Waals surface area contributed by atoms with E-state index in [2.05, 4.69) is 5.32 Å². The zero-order valence-electron chi connectivity index (χ0n) is 16.6. The zero-order chi connectivity index (χ0) is 20.5. The second-order valence-corrected chi connectivity index (χ2v) is 8.73. The van der Waals surface area contributed by atoms with Crippen LogP contribution < -0.4 is 11.1 Å². The van der Waals surface area contributed by atoms with Crippen LogP contribution in [-0.4, -0.2) is 47.0 Å². The van der Waals surface area contributed by atoms with Crippen molar-refractivity contribution in [3.8, 4) is 0 Å². The summed E-state index contributed by atoms with van der Waals surface area (Å²) in [5.41, 5.74) is 8.44. The molecule has 1 saturated heterocycles. The highest BCUT2D eigenvalue weighted by molar-refractivity contribution is 7.99. The van der Waals surface area contributed by atoms with Crippen molar-refractivity contribution in [2.24, 2.45) is 5.73 Å². The number of nitrogens with two attached hydrogens (primary N) is 1. The number of amides is 1. The number of thioether (sulfide) groups is 1. The normalized spacial score (nSPS) is 19.3. The van der Waals surface area contributed by atoms with E-state index in [0.29, 0.717) is 19.3 Å². The fourth-order valence-corrected chi connectivity index (χ4v) is 4.63. The summed E-state index contributed by atoms with van der Waals surface area (Å²) in [6.07, 6.45) is 1.30. The van der Waals surface area contributed by atoms with E-state index in [9.17, 15) is 9.90 Å². The molecule has 0 unspecified atom stereocenters. The van der Waals surface area contributed by atoms with Crippen molar-refractivity contribution in [1.82, 2.24) is 5.32 Å². The van der Waals surface area contributed by atoms with Gasteiger partial charge < -0.3 is 20.9 Å². The lowest BCUT2D eigenvalue weighted by Gasteiger charge is -2.26. The molecule has 6 heteroatoms.